The highest BCUT2D eigenvalue weighted by atomic mass is 16.5. The van der Waals surface area contributed by atoms with Crippen LogP contribution < -0.4 is 14.4 Å². The number of ether oxygens (including phenoxy) is 2. The van der Waals surface area contributed by atoms with Gasteiger partial charge >= 0.3 is 0 Å². The molecule has 4 rings (SSSR count). The molecule has 152 valence electrons. The summed E-state index contributed by atoms with van der Waals surface area (Å²) in [6.07, 6.45) is 3.77. The van der Waals surface area contributed by atoms with Gasteiger partial charge in [-0.1, -0.05) is 0 Å². The van der Waals surface area contributed by atoms with Gasteiger partial charge < -0.3 is 19.3 Å². The molecule has 0 radical (unpaired) electrons. The van der Waals surface area contributed by atoms with Crippen LogP contribution in [0.2, 0.25) is 0 Å². The van der Waals surface area contributed by atoms with E-state index >= 15 is 0 Å². The molecule has 2 aliphatic rings. The predicted octanol–water partition coefficient (Wildman–Crippen LogP) is 1.95. The summed E-state index contributed by atoms with van der Waals surface area (Å²) in [7, 11) is 0. The minimum absolute atomic E-state index is 0.0548. The van der Waals surface area contributed by atoms with Crippen molar-refractivity contribution < 1.29 is 19.1 Å². The largest absolute Gasteiger partial charge is 0.486 e. The maximum atomic E-state index is 12.5. The highest BCUT2D eigenvalue weighted by Crippen LogP contribution is 2.35. The number of carbonyl (C=O) groups is 2. The number of hydrogen-bond acceptors (Lipinski definition) is 7. The number of nitrogens with zero attached hydrogens (tertiary/aromatic N) is 4. The van der Waals surface area contributed by atoms with Crippen molar-refractivity contribution in [3.05, 3.63) is 42.2 Å². The first kappa shape index (κ1) is 19.2. The monoisotopic (exact) mass is 396 g/mol. The van der Waals surface area contributed by atoms with Crippen LogP contribution >= 0.6 is 0 Å². The van der Waals surface area contributed by atoms with Crippen molar-refractivity contribution in [3.8, 4) is 11.5 Å². The highest BCUT2D eigenvalue weighted by Gasteiger charge is 2.32. The standard InChI is InChI=1S/C21H24N4O4/c1-21(2)13-17(26)16-5-4-15(12-18(16)29-21)28-14-19(27)24-8-10-25(11-9-24)20-22-6-3-7-23-20/h3-7,12H,8-11,13-14H2,1-2H3. The zero-order valence-electron chi connectivity index (χ0n) is 16.6. The van der Waals surface area contributed by atoms with E-state index in [1.807, 2.05) is 13.8 Å². The van der Waals surface area contributed by atoms with Crippen LogP contribution in [0, 0.1) is 0 Å². The molecular formula is C21H24N4O4. The SMILES string of the molecule is CC1(C)CC(=O)c2ccc(OCC(=O)N3CCN(c4ncccn4)CC3)cc2O1. The Hall–Kier alpha value is -3.16. The Bertz CT molecular complexity index is 908. The van der Waals surface area contributed by atoms with E-state index in [2.05, 4.69) is 14.9 Å². The predicted molar refractivity (Wildman–Crippen MR) is 106 cm³/mol. The van der Waals surface area contributed by atoms with Gasteiger partial charge in [0, 0.05) is 44.6 Å². The lowest BCUT2D eigenvalue weighted by atomic mass is 9.93. The average Bonchev–Trinajstić information content (AvgIpc) is 2.71. The normalized spacial score (nSPS) is 18.1. The number of hydrogen-bond donors (Lipinski definition) is 0. The van der Waals surface area contributed by atoms with Crippen LogP contribution in [0.1, 0.15) is 30.6 Å². The summed E-state index contributed by atoms with van der Waals surface area (Å²) < 4.78 is 11.6. The highest BCUT2D eigenvalue weighted by molar-refractivity contribution is 6.00. The van der Waals surface area contributed by atoms with Gasteiger partial charge in [-0.2, -0.15) is 0 Å². The first-order valence-electron chi connectivity index (χ1n) is 9.70. The maximum Gasteiger partial charge on any atom is 0.260 e. The summed E-state index contributed by atoms with van der Waals surface area (Å²) in [6.45, 7) is 6.25. The number of fused-ring (bicyclic) bond motifs is 1. The van der Waals surface area contributed by atoms with Gasteiger partial charge in [0.05, 0.1) is 12.0 Å². The molecule has 2 aliphatic heterocycles. The van der Waals surface area contributed by atoms with Crippen molar-refractivity contribution >= 4 is 17.6 Å². The Morgan fingerprint density at radius 3 is 2.62 bits per heavy atom. The maximum absolute atomic E-state index is 12.5. The Morgan fingerprint density at radius 2 is 1.90 bits per heavy atom. The lowest BCUT2D eigenvalue weighted by molar-refractivity contribution is -0.133. The quantitative estimate of drug-likeness (QED) is 0.781. The Labute approximate surface area is 169 Å². The summed E-state index contributed by atoms with van der Waals surface area (Å²) >= 11 is 0. The van der Waals surface area contributed by atoms with E-state index in [9.17, 15) is 9.59 Å². The third kappa shape index (κ3) is 4.31. The lowest BCUT2D eigenvalue weighted by Gasteiger charge is -2.34. The average molecular weight is 396 g/mol. The number of benzene rings is 1. The first-order valence-corrected chi connectivity index (χ1v) is 9.70. The summed E-state index contributed by atoms with van der Waals surface area (Å²) in [6, 6.07) is 6.87. The van der Waals surface area contributed by atoms with E-state index < -0.39 is 5.60 Å². The van der Waals surface area contributed by atoms with E-state index in [1.165, 1.54) is 0 Å². The fraction of sp³-hybridized carbons (Fsp3) is 0.429. The Balaban J connectivity index is 1.32. The fourth-order valence-corrected chi connectivity index (χ4v) is 3.57. The van der Waals surface area contributed by atoms with E-state index in [0.29, 0.717) is 55.6 Å². The van der Waals surface area contributed by atoms with Gasteiger partial charge in [-0.15, -0.1) is 0 Å². The molecule has 3 heterocycles. The number of piperazine rings is 1. The molecule has 0 bridgehead atoms. The van der Waals surface area contributed by atoms with Crippen LogP contribution in [0.25, 0.3) is 0 Å². The van der Waals surface area contributed by atoms with E-state index in [0.717, 1.165) is 0 Å². The zero-order valence-corrected chi connectivity index (χ0v) is 16.6. The molecular weight excluding hydrogens is 372 g/mol. The number of carbonyl (C=O) groups excluding carboxylic acids is 2. The summed E-state index contributed by atoms with van der Waals surface area (Å²) in [4.78, 5) is 37.1. The summed E-state index contributed by atoms with van der Waals surface area (Å²) in [5, 5.41) is 0. The van der Waals surface area contributed by atoms with Crippen LogP contribution in [0.3, 0.4) is 0 Å². The van der Waals surface area contributed by atoms with Crippen molar-refractivity contribution in [2.45, 2.75) is 25.9 Å². The molecule has 1 fully saturated rings. The second-order valence-electron chi connectivity index (χ2n) is 7.82. The van der Waals surface area contributed by atoms with Crippen LogP contribution in [0.5, 0.6) is 11.5 Å². The number of aromatic nitrogens is 2. The lowest BCUT2D eigenvalue weighted by Crippen LogP contribution is -2.50. The molecule has 0 aliphatic carbocycles. The topological polar surface area (TPSA) is 84.9 Å². The molecule has 0 unspecified atom stereocenters. The molecule has 1 aromatic carbocycles. The summed E-state index contributed by atoms with van der Waals surface area (Å²) in [5.74, 6) is 1.68. The zero-order chi connectivity index (χ0) is 20.4. The molecule has 0 saturated carbocycles. The molecule has 1 aromatic heterocycles. The van der Waals surface area contributed by atoms with Gasteiger partial charge in [-0.05, 0) is 32.0 Å². The molecule has 0 atom stereocenters. The molecule has 8 nitrogen and oxygen atoms in total. The first-order chi connectivity index (χ1) is 13.9. The smallest absolute Gasteiger partial charge is 0.260 e. The van der Waals surface area contributed by atoms with Gasteiger partial charge in [0.15, 0.2) is 12.4 Å². The van der Waals surface area contributed by atoms with E-state index in [1.54, 1.807) is 41.6 Å². The number of anilines is 1. The van der Waals surface area contributed by atoms with Gasteiger partial charge in [-0.3, -0.25) is 9.59 Å². The number of rotatable bonds is 4. The molecule has 1 amide bonds. The fourth-order valence-electron chi connectivity index (χ4n) is 3.57. The Morgan fingerprint density at radius 1 is 1.17 bits per heavy atom. The van der Waals surface area contributed by atoms with Gasteiger partial charge in [0.25, 0.3) is 5.91 Å². The van der Waals surface area contributed by atoms with Crippen LogP contribution in [-0.2, 0) is 4.79 Å². The summed E-state index contributed by atoms with van der Waals surface area (Å²) in [5.41, 5.74) is 0.0166. The molecule has 8 heteroatoms. The van der Waals surface area contributed by atoms with Gasteiger partial charge in [0.2, 0.25) is 5.95 Å². The second-order valence-corrected chi connectivity index (χ2v) is 7.82. The van der Waals surface area contributed by atoms with Crippen molar-refractivity contribution in [1.82, 2.24) is 14.9 Å². The van der Waals surface area contributed by atoms with Crippen LogP contribution in [0.4, 0.5) is 5.95 Å². The third-order valence-corrected chi connectivity index (χ3v) is 5.06. The second kappa shape index (κ2) is 7.69. The number of ketones is 1. The minimum atomic E-state index is -0.541. The van der Waals surface area contributed by atoms with Crippen LogP contribution in [0.15, 0.2) is 36.7 Å². The van der Waals surface area contributed by atoms with Crippen molar-refractivity contribution in [1.29, 1.82) is 0 Å². The molecule has 0 spiro atoms. The minimum Gasteiger partial charge on any atom is -0.486 e. The molecule has 2 aromatic rings. The molecule has 29 heavy (non-hydrogen) atoms. The van der Waals surface area contributed by atoms with Crippen molar-refractivity contribution in [2.75, 3.05) is 37.7 Å². The number of Topliss-reactive ketones (excluding diaryl/α,β-unsaturated/α-hetero) is 1. The molecule has 1 saturated heterocycles. The van der Waals surface area contributed by atoms with E-state index in [4.69, 9.17) is 9.47 Å². The number of amides is 1. The van der Waals surface area contributed by atoms with Crippen molar-refractivity contribution in [2.24, 2.45) is 0 Å². The van der Waals surface area contributed by atoms with Gasteiger partial charge in [0.1, 0.15) is 17.1 Å². The van der Waals surface area contributed by atoms with Crippen LogP contribution in [-0.4, -0.2) is 64.9 Å². The molecule has 0 N–H and O–H groups in total. The Kier molecular flexibility index (Phi) is 5.08. The van der Waals surface area contributed by atoms with Crippen molar-refractivity contribution in [3.63, 3.8) is 0 Å². The van der Waals surface area contributed by atoms with Gasteiger partial charge in [-0.25, -0.2) is 9.97 Å². The van der Waals surface area contributed by atoms with E-state index in [-0.39, 0.29) is 18.3 Å². The third-order valence-electron chi connectivity index (χ3n) is 5.06.